The van der Waals surface area contributed by atoms with Crippen molar-refractivity contribution >= 4 is 17.7 Å². The van der Waals surface area contributed by atoms with E-state index in [9.17, 15) is 14.7 Å². The molecule has 1 aliphatic heterocycles. The van der Waals surface area contributed by atoms with Gasteiger partial charge in [-0.15, -0.1) is 0 Å². The molecular weight excluding hydrogens is 346 g/mol. The lowest BCUT2D eigenvalue weighted by Gasteiger charge is -2.27. The highest BCUT2D eigenvalue weighted by Crippen LogP contribution is 2.35. The molecule has 0 bridgehead atoms. The lowest BCUT2D eigenvalue weighted by molar-refractivity contribution is -0.133. The summed E-state index contributed by atoms with van der Waals surface area (Å²) in [5.41, 5.74) is 5.52. The summed E-state index contributed by atoms with van der Waals surface area (Å²) < 4.78 is 4.86. The number of rotatable bonds is 8. The molecule has 4 N–H and O–H groups in total. The average Bonchev–Trinajstić information content (AvgIpc) is 2.96. The molecule has 0 unspecified atom stereocenters. The van der Waals surface area contributed by atoms with E-state index in [1.54, 1.807) is 0 Å². The number of aliphatic carboxylic acids is 1. The van der Waals surface area contributed by atoms with Crippen LogP contribution in [0.3, 0.4) is 0 Å². The third kappa shape index (κ3) is 6.43. The third-order valence-corrected chi connectivity index (χ3v) is 4.89. The Kier molecular flexibility index (Phi) is 10.3. The zero-order valence-electron chi connectivity index (χ0n) is 17.0. The number of nitrogens with zero attached hydrogens (tertiary/aromatic N) is 1. The monoisotopic (exact) mass is 381 g/mol. The number of hydrogen-bond donors (Lipinski definition) is 3. The Morgan fingerprint density at radius 2 is 1.93 bits per heavy atom. The first-order chi connectivity index (χ1) is 13.0. The van der Waals surface area contributed by atoms with Crippen LogP contribution in [0.2, 0.25) is 0 Å². The van der Waals surface area contributed by atoms with Crippen molar-refractivity contribution < 1.29 is 19.4 Å². The van der Waals surface area contributed by atoms with Crippen molar-refractivity contribution in [3.05, 3.63) is 11.1 Å². The van der Waals surface area contributed by atoms with Gasteiger partial charge in [0.1, 0.15) is 11.4 Å². The van der Waals surface area contributed by atoms with Gasteiger partial charge in [-0.3, -0.25) is 9.79 Å². The van der Waals surface area contributed by atoms with Crippen molar-refractivity contribution in [3.63, 3.8) is 0 Å². The Balaban J connectivity index is 0.000000527. The fraction of sp³-hybridized carbons (Fsp3) is 0.750. The molecule has 1 amide bonds. The number of nitrogens with one attached hydrogen (secondary N) is 1. The first kappa shape index (κ1) is 23.3. The van der Waals surface area contributed by atoms with Crippen LogP contribution in [-0.4, -0.2) is 48.1 Å². The molecule has 2 rings (SSSR count). The van der Waals surface area contributed by atoms with Gasteiger partial charge in [0.2, 0.25) is 0 Å². The fourth-order valence-corrected chi connectivity index (χ4v) is 3.52. The highest BCUT2D eigenvalue weighted by atomic mass is 16.5. The zero-order chi connectivity index (χ0) is 20.3. The molecule has 0 saturated heterocycles. The molecule has 0 aromatic rings. The van der Waals surface area contributed by atoms with Crippen molar-refractivity contribution in [1.82, 2.24) is 5.32 Å². The van der Waals surface area contributed by atoms with E-state index >= 15 is 0 Å². The van der Waals surface area contributed by atoms with E-state index in [1.165, 1.54) is 0 Å². The van der Waals surface area contributed by atoms with Crippen LogP contribution in [0.4, 0.5) is 0 Å². The first-order valence-electron chi connectivity index (χ1n) is 10.1. The Labute approximate surface area is 162 Å². The summed E-state index contributed by atoms with van der Waals surface area (Å²) in [6, 6.07) is 0. The Hall–Kier alpha value is -1.73. The normalized spacial score (nSPS) is 19.0. The predicted octanol–water partition coefficient (Wildman–Crippen LogP) is 2.79. The van der Waals surface area contributed by atoms with E-state index in [0.717, 1.165) is 45.1 Å². The molecule has 7 nitrogen and oxygen atoms in total. The number of carbonyl (C=O) groups is 2. The van der Waals surface area contributed by atoms with Gasteiger partial charge in [-0.1, -0.05) is 39.5 Å². The summed E-state index contributed by atoms with van der Waals surface area (Å²) in [4.78, 5) is 28.5. The topological polar surface area (TPSA) is 114 Å². The summed E-state index contributed by atoms with van der Waals surface area (Å²) in [6.45, 7) is 7.92. The van der Waals surface area contributed by atoms with E-state index in [4.69, 9.17) is 10.5 Å². The minimum absolute atomic E-state index is 0.0515. The van der Waals surface area contributed by atoms with Gasteiger partial charge in [0.05, 0.1) is 6.61 Å². The number of carboxylic acids is 1. The summed E-state index contributed by atoms with van der Waals surface area (Å²) in [6.07, 6.45) is 6.54. The molecule has 0 atom stereocenters. The molecule has 1 fully saturated rings. The maximum atomic E-state index is 12.3. The summed E-state index contributed by atoms with van der Waals surface area (Å²) in [5, 5.41) is 12.3. The molecule has 2 aliphatic rings. The molecule has 27 heavy (non-hydrogen) atoms. The van der Waals surface area contributed by atoms with Gasteiger partial charge >= 0.3 is 5.97 Å². The smallest absolute Gasteiger partial charge is 0.331 e. The maximum absolute atomic E-state index is 12.3. The van der Waals surface area contributed by atoms with Gasteiger partial charge < -0.3 is 20.9 Å². The molecule has 1 aliphatic carbocycles. The van der Waals surface area contributed by atoms with Crippen molar-refractivity contribution in [3.8, 4) is 0 Å². The standard InChI is InChI=1S/C16H24N2O3.C4H11NO/c1-3-8-12(14(19)20)11(4-2)13-17-15(21)16(18-13)9-6-5-7-10-16;1-2-6-4-3-5/h3-10H2,1-2H3,(H,19,20)(H,17,18,21);2-5H2,1H3/b12-11-;. The molecule has 0 aromatic carbocycles. The minimum Gasteiger partial charge on any atom is -0.478 e. The van der Waals surface area contributed by atoms with Crippen LogP contribution in [0.5, 0.6) is 0 Å². The van der Waals surface area contributed by atoms with Gasteiger partial charge in [0.25, 0.3) is 5.91 Å². The number of carbonyl (C=O) groups excluding carboxylic acids is 1. The Morgan fingerprint density at radius 1 is 1.26 bits per heavy atom. The van der Waals surface area contributed by atoms with Gasteiger partial charge in [0.15, 0.2) is 0 Å². The van der Waals surface area contributed by atoms with Crippen LogP contribution in [0.25, 0.3) is 0 Å². The SMILES string of the molecule is CCC/C(C(=O)O)=C(\CC)C1=NC2(CCCCC2)C(=O)N1.CCOCCN. The highest BCUT2D eigenvalue weighted by molar-refractivity contribution is 6.17. The Morgan fingerprint density at radius 3 is 2.37 bits per heavy atom. The number of aliphatic imine (C=N–C) groups is 1. The van der Waals surface area contributed by atoms with Gasteiger partial charge in [-0.25, -0.2) is 4.79 Å². The summed E-state index contributed by atoms with van der Waals surface area (Å²) in [7, 11) is 0. The number of ether oxygens (including phenoxy) is 1. The van der Waals surface area contributed by atoms with Crippen molar-refractivity contribution in [2.45, 2.75) is 77.7 Å². The summed E-state index contributed by atoms with van der Waals surface area (Å²) in [5.74, 6) is -0.463. The first-order valence-corrected chi connectivity index (χ1v) is 10.1. The lowest BCUT2D eigenvalue weighted by atomic mass is 9.82. The van der Waals surface area contributed by atoms with Crippen LogP contribution < -0.4 is 11.1 Å². The number of amidine groups is 1. The number of amides is 1. The molecule has 7 heteroatoms. The quantitative estimate of drug-likeness (QED) is 0.442. The molecule has 0 radical (unpaired) electrons. The molecule has 0 aromatic heterocycles. The van der Waals surface area contributed by atoms with Gasteiger partial charge in [-0.2, -0.15) is 0 Å². The Bertz CT molecular complexity index is 560. The molecule has 1 saturated carbocycles. The lowest BCUT2D eigenvalue weighted by Crippen LogP contribution is -2.41. The average molecular weight is 382 g/mol. The van der Waals surface area contributed by atoms with Crippen molar-refractivity contribution in [1.29, 1.82) is 0 Å². The maximum Gasteiger partial charge on any atom is 0.331 e. The van der Waals surface area contributed by atoms with Crippen LogP contribution in [-0.2, 0) is 14.3 Å². The van der Waals surface area contributed by atoms with E-state index < -0.39 is 11.5 Å². The molecule has 1 heterocycles. The molecular formula is C20H35N3O4. The molecule has 154 valence electrons. The van der Waals surface area contributed by atoms with Gasteiger partial charge in [-0.05, 0) is 32.6 Å². The number of carboxylic acid groups (broad SMARTS) is 1. The van der Waals surface area contributed by atoms with E-state index in [-0.39, 0.29) is 5.91 Å². The van der Waals surface area contributed by atoms with Gasteiger partial charge in [0, 0.05) is 24.3 Å². The predicted molar refractivity (Wildman–Crippen MR) is 107 cm³/mol. The second-order valence-corrected chi connectivity index (χ2v) is 6.86. The van der Waals surface area contributed by atoms with Crippen LogP contribution in [0.1, 0.15) is 72.1 Å². The zero-order valence-corrected chi connectivity index (χ0v) is 17.0. The van der Waals surface area contributed by atoms with Crippen molar-refractivity contribution in [2.24, 2.45) is 10.7 Å². The molecule has 1 spiro atoms. The highest BCUT2D eigenvalue weighted by Gasteiger charge is 2.44. The third-order valence-electron chi connectivity index (χ3n) is 4.89. The van der Waals surface area contributed by atoms with E-state index in [0.29, 0.717) is 43.0 Å². The van der Waals surface area contributed by atoms with E-state index in [1.807, 2.05) is 20.8 Å². The largest absolute Gasteiger partial charge is 0.478 e. The van der Waals surface area contributed by atoms with Crippen LogP contribution in [0, 0.1) is 0 Å². The van der Waals surface area contributed by atoms with Crippen LogP contribution >= 0.6 is 0 Å². The van der Waals surface area contributed by atoms with Crippen LogP contribution in [0.15, 0.2) is 16.1 Å². The fourth-order valence-electron chi connectivity index (χ4n) is 3.52. The second-order valence-electron chi connectivity index (χ2n) is 6.86. The van der Waals surface area contributed by atoms with Crippen molar-refractivity contribution in [2.75, 3.05) is 19.8 Å². The van der Waals surface area contributed by atoms with E-state index in [2.05, 4.69) is 10.3 Å². The number of hydrogen-bond acceptors (Lipinski definition) is 5. The number of nitrogens with two attached hydrogens (primary N) is 1. The minimum atomic E-state index is -0.907. The summed E-state index contributed by atoms with van der Waals surface area (Å²) >= 11 is 0. The second kappa shape index (κ2) is 11.9.